The number of amides is 1. The number of halogens is 1. The highest BCUT2D eigenvalue weighted by Gasteiger charge is 2.31. The van der Waals surface area contributed by atoms with E-state index in [0.717, 1.165) is 80.6 Å². The number of ether oxygens (including phenoxy) is 1. The first kappa shape index (κ1) is 26.4. The Balaban J connectivity index is 1.35. The summed E-state index contributed by atoms with van der Waals surface area (Å²) in [4.78, 5) is 23.3. The number of hydrogen-bond donors (Lipinski definition) is 1. The van der Waals surface area contributed by atoms with Gasteiger partial charge in [0, 0.05) is 55.3 Å². The summed E-state index contributed by atoms with van der Waals surface area (Å²) in [5.74, 6) is 1.14. The number of nitrogens with one attached hydrogen (secondary N) is 1. The minimum atomic E-state index is -0.373. The number of fused-ring (bicyclic) bond motifs is 1. The lowest BCUT2D eigenvalue weighted by molar-refractivity contribution is -0.135. The first-order chi connectivity index (χ1) is 18.4. The van der Waals surface area contributed by atoms with Gasteiger partial charge in [0.2, 0.25) is 5.91 Å². The molecule has 38 heavy (non-hydrogen) atoms. The SMILES string of the molecule is CCNc1cc2c(cn1)c(C1CCN(C(=O)C(C)C)CC1)nn2C1CCC(Oc2nccc(C)c2F)CC1. The van der Waals surface area contributed by atoms with Crippen LogP contribution in [-0.2, 0) is 4.79 Å². The zero-order chi connectivity index (χ0) is 26.8. The average Bonchev–Trinajstić information content (AvgIpc) is 3.30. The Kier molecular flexibility index (Phi) is 7.81. The van der Waals surface area contributed by atoms with Crippen LogP contribution in [0.15, 0.2) is 24.5 Å². The number of hydrogen-bond acceptors (Lipinski definition) is 6. The minimum absolute atomic E-state index is 0.0255. The number of rotatable bonds is 7. The molecule has 0 spiro atoms. The van der Waals surface area contributed by atoms with E-state index in [0.29, 0.717) is 11.5 Å². The van der Waals surface area contributed by atoms with Crippen LogP contribution in [0.5, 0.6) is 5.88 Å². The van der Waals surface area contributed by atoms with Crippen molar-refractivity contribution in [3.8, 4) is 5.88 Å². The third-order valence-corrected chi connectivity index (χ3v) is 7.98. The van der Waals surface area contributed by atoms with Crippen molar-refractivity contribution in [3.05, 3.63) is 41.6 Å². The zero-order valence-corrected chi connectivity index (χ0v) is 22.9. The standard InChI is InChI=1S/C29H39FN6O2/c1-5-31-25-16-24-23(17-33-25)27(20-11-14-35(15-12-20)29(37)18(2)3)34-36(24)21-6-8-22(9-7-21)38-28-26(30)19(4)10-13-32-28/h10,13,16-18,20-22H,5-9,11-12,14-15H2,1-4H3,(H,31,33). The predicted octanol–water partition coefficient (Wildman–Crippen LogP) is 5.63. The van der Waals surface area contributed by atoms with Gasteiger partial charge in [-0.05, 0) is 64.0 Å². The summed E-state index contributed by atoms with van der Waals surface area (Å²) in [5.41, 5.74) is 2.74. The Morgan fingerprint density at radius 1 is 1.16 bits per heavy atom. The van der Waals surface area contributed by atoms with Gasteiger partial charge in [-0.15, -0.1) is 0 Å². The monoisotopic (exact) mass is 522 g/mol. The van der Waals surface area contributed by atoms with Crippen LogP contribution in [0.1, 0.15) is 82.5 Å². The Morgan fingerprint density at radius 3 is 2.58 bits per heavy atom. The molecule has 5 rings (SSSR count). The van der Waals surface area contributed by atoms with Crippen molar-refractivity contribution in [1.29, 1.82) is 0 Å². The fourth-order valence-corrected chi connectivity index (χ4v) is 5.81. The van der Waals surface area contributed by atoms with Gasteiger partial charge in [-0.2, -0.15) is 5.10 Å². The van der Waals surface area contributed by atoms with Crippen molar-refractivity contribution in [2.75, 3.05) is 25.0 Å². The largest absolute Gasteiger partial charge is 0.472 e. The van der Waals surface area contributed by atoms with Crippen molar-refractivity contribution in [1.82, 2.24) is 24.6 Å². The van der Waals surface area contributed by atoms with E-state index in [4.69, 9.17) is 9.84 Å². The molecule has 0 radical (unpaired) electrons. The van der Waals surface area contributed by atoms with Crippen LogP contribution in [-0.4, -0.2) is 56.3 Å². The summed E-state index contributed by atoms with van der Waals surface area (Å²) in [5, 5.41) is 9.64. The summed E-state index contributed by atoms with van der Waals surface area (Å²) in [6, 6.07) is 4.00. The van der Waals surface area contributed by atoms with Gasteiger partial charge in [0.25, 0.3) is 5.88 Å². The number of piperidine rings is 1. The van der Waals surface area contributed by atoms with Crippen LogP contribution in [0.3, 0.4) is 0 Å². The lowest BCUT2D eigenvalue weighted by atomic mass is 9.91. The van der Waals surface area contributed by atoms with E-state index in [1.165, 1.54) is 0 Å². The van der Waals surface area contributed by atoms with E-state index in [-0.39, 0.29) is 35.7 Å². The number of carbonyl (C=O) groups is 1. The number of aryl methyl sites for hydroxylation is 1. The van der Waals surface area contributed by atoms with Gasteiger partial charge in [-0.3, -0.25) is 9.48 Å². The summed E-state index contributed by atoms with van der Waals surface area (Å²) in [7, 11) is 0. The quantitative estimate of drug-likeness (QED) is 0.433. The molecule has 4 heterocycles. The molecule has 204 valence electrons. The van der Waals surface area contributed by atoms with Crippen molar-refractivity contribution < 1.29 is 13.9 Å². The normalized spacial score (nSPS) is 20.7. The van der Waals surface area contributed by atoms with Gasteiger partial charge in [0.05, 0.1) is 17.3 Å². The molecular formula is C29H39FN6O2. The van der Waals surface area contributed by atoms with Gasteiger partial charge < -0.3 is 15.0 Å². The number of likely N-dealkylation sites (tertiary alicyclic amines) is 1. The third-order valence-electron chi connectivity index (χ3n) is 7.98. The molecule has 1 aliphatic heterocycles. The van der Waals surface area contributed by atoms with Crippen LogP contribution < -0.4 is 10.1 Å². The van der Waals surface area contributed by atoms with Crippen molar-refractivity contribution in [3.63, 3.8) is 0 Å². The molecule has 0 atom stereocenters. The van der Waals surface area contributed by atoms with Crippen molar-refractivity contribution >= 4 is 22.6 Å². The summed E-state index contributed by atoms with van der Waals surface area (Å²) >= 11 is 0. The van der Waals surface area contributed by atoms with Gasteiger partial charge >= 0.3 is 0 Å². The average molecular weight is 523 g/mol. The molecule has 0 unspecified atom stereocenters. The van der Waals surface area contributed by atoms with Crippen molar-refractivity contribution in [2.45, 2.75) is 84.3 Å². The van der Waals surface area contributed by atoms with Crippen molar-refractivity contribution in [2.24, 2.45) is 5.92 Å². The molecule has 1 amide bonds. The van der Waals surface area contributed by atoms with Crippen LogP contribution in [0.2, 0.25) is 0 Å². The molecule has 1 aliphatic carbocycles. The Morgan fingerprint density at radius 2 is 1.89 bits per heavy atom. The van der Waals surface area contributed by atoms with Crippen LogP contribution in [0.25, 0.3) is 10.9 Å². The number of aromatic nitrogens is 4. The second kappa shape index (κ2) is 11.3. The maximum Gasteiger partial charge on any atom is 0.250 e. The molecule has 2 fully saturated rings. The topological polar surface area (TPSA) is 85.2 Å². The summed E-state index contributed by atoms with van der Waals surface area (Å²) in [6.07, 6.45) is 8.74. The summed E-state index contributed by atoms with van der Waals surface area (Å²) in [6.45, 7) is 10.1. The van der Waals surface area contributed by atoms with E-state index < -0.39 is 0 Å². The highest BCUT2D eigenvalue weighted by Crippen LogP contribution is 2.38. The Bertz CT molecular complexity index is 1280. The maximum absolute atomic E-state index is 14.4. The Hall–Kier alpha value is -3.23. The number of carbonyl (C=O) groups excluding carboxylic acids is 1. The molecule has 2 aliphatic rings. The molecule has 3 aromatic heterocycles. The second-order valence-corrected chi connectivity index (χ2v) is 11.0. The molecule has 1 saturated carbocycles. The molecule has 3 aromatic rings. The lowest BCUT2D eigenvalue weighted by Crippen LogP contribution is -2.40. The first-order valence-electron chi connectivity index (χ1n) is 14.0. The van der Waals surface area contributed by atoms with Crippen LogP contribution in [0, 0.1) is 18.7 Å². The number of anilines is 1. The second-order valence-electron chi connectivity index (χ2n) is 11.0. The highest BCUT2D eigenvalue weighted by atomic mass is 19.1. The van der Waals surface area contributed by atoms with E-state index >= 15 is 0 Å². The maximum atomic E-state index is 14.4. The van der Waals surface area contributed by atoms with E-state index in [1.54, 1.807) is 19.2 Å². The molecule has 9 heteroatoms. The highest BCUT2D eigenvalue weighted by molar-refractivity contribution is 5.84. The van der Waals surface area contributed by atoms with E-state index in [9.17, 15) is 9.18 Å². The lowest BCUT2D eigenvalue weighted by Gasteiger charge is -2.32. The van der Waals surface area contributed by atoms with E-state index in [1.807, 2.05) is 24.9 Å². The molecule has 1 saturated heterocycles. The van der Waals surface area contributed by atoms with Crippen LogP contribution in [0.4, 0.5) is 10.2 Å². The van der Waals surface area contributed by atoms with Gasteiger partial charge in [-0.25, -0.2) is 14.4 Å². The van der Waals surface area contributed by atoms with E-state index in [2.05, 4.69) is 33.0 Å². The van der Waals surface area contributed by atoms with Crippen LogP contribution >= 0.6 is 0 Å². The summed E-state index contributed by atoms with van der Waals surface area (Å²) < 4.78 is 22.6. The molecule has 1 N–H and O–H groups in total. The zero-order valence-electron chi connectivity index (χ0n) is 22.9. The number of nitrogens with zero attached hydrogens (tertiary/aromatic N) is 5. The molecule has 0 aromatic carbocycles. The fraction of sp³-hybridized carbons (Fsp3) is 0.586. The van der Waals surface area contributed by atoms with Gasteiger partial charge in [-0.1, -0.05) is 13.8 Å². The minimum Gasteiger partial charge on any atom is -0.472 e. The number of pyridine rings is 2. The Labute approximate surface area is 224 Å². The predicted molar refractivity (Wildman–Crippen MR) is 146 cm³/mol. The smallest absolute Gasteiger partial charge is 0.250 e. The third kappa shape index (κ3) is 5.33. The molecular weight excluding hydrogens is 483 g/mol. The fourth-order valence-electron chi connectivity index (χ4n) is 5.81. The molecule has 0 bridgehead atoms. The van der Waals surface area contributed by atoms with Gasteiger partial charge in [0.15, 0.2) is 5.82 Å². The van der Waals surface area contributed by atoms with Gasteiger partial charge in [0.1, 0.15) is 11.9 Å². The molecule has 8 nitrogen and oxygen atoms in total. The first-order valence-corrected chi connectivity index (χ1v) is 14.0.